The first-order valence-electron chi connectivity index (χ1n) is 6.10. The van der Waals surface area contributed by atoms with Crippen LogP contribution in [-0.2, 0) is 0 Å². The van der Waals surface area contributed by atoms with Gasteiger partial charge in [-0.05, 0) is 42.7 Å². The topological polar surface area (TPSA) is 12.4 Å². The molecule has 18 heavy (non-hydrogen) atoms. The number of hydrogen-bond donors (Lipinski definition) is 0. The fraction of sp³-hybridized carbons (Fsp3) is 0.188. The second-order valence-electron chi connectivity index (χ2n) is 4.21. The Kier molecular flexibility index (Phi) is 4.16. The predicted molar refractivity (Wildman–Crippen MR) is 79.1 cm³/mol. The average molecular weight is 258 g/mol. The highest BCUT2D eigenvalue weighted by molar-refractivity contribution is 6.30. The van der Waals surface area contributed by atoms with Crippen LogP contribution in [0.5, 0.6) is 0 Å². The normalized spacial score (nSPS) is 11.6. The molecule has 0 fully saturated rings. The standard InChI is InChI=1S/C16H16ClN/c1-3-15(13-7-5-4-6-8-13)18-16-10-9-14(17)11-12(16)2/h4-11H,3H2,1-2H3/b18-15+. The number of rotatable bonds is 3. The first kappa shape index (κ1) is 12.8. The molecule has 2 aromatic rings. The molecule has 0 heterocycles. The molecule has 0 unspecified atom stereocenters. The van der Waals surface area contributed by atoms with Gasteiger partial charge in [0.05, 0.1) is 5.69 Å². The molecule has 0 amide bonds. The smallest absolute Gasteiger partial charge is 0.0663 e. The number of hydrogen-bond acceptors (Lipinski definition) is 1. The van der Waals surface area contributed by atoms with Crippen molar-refractivity contribution in [1.29, 1.82) is 0 Å². The number of benzene rings is 2. The van der Waals surface area contributed by atoms with E-state index in [-0.39, 0.29) is 0 Å². The van der Waals surface area contributed by atoms with E-state index >= 15 is 0 Å². The van der Waals surface area contributed by atoms with E-state index < -0.39 is 0 Å². The maximum Gasteiger partial charge on any atom is 0.0663 e. The molecule has 0 bridgehead atoms. The van der Waals surface area contributed by atoms with Crippen LogP contribution in [0.15, 0.2) is 53.5 Å². The van der Waals surface area contributed by atoms with Crippen molar-refractivity contribution in [3.05, 3.63) is 64.7 Å². The van der Waals surface area contributed by atoms with Crippen LogP contribution >= 0.6 is 11.6 Å². The zero-order valence-corrected chi connectivity index (χ0v) is 11.4. The second kappa shape index (κ2) is 5.83. The lowest BCUT2D eigenvalue weighted by atomic mass is 10.1. The lowest BCUT2D eigenvalue weighted by molar-refractivity contribution is 1.25. The molecule has 0 radical (unpaired) electrons. The second-order valence-corrected chi connectivity index (χ2v) is 4.65. The first-order chi connectivity index (χ1) is 8.70. The quantitative estimate of drug-likeness (QED) is 0.672. The third kappa shape index (κ3) is 2.99. The van der Waals surface area contributed by atoms with E-state index in [1.807, 2.05) is 43.3 Å². The van der Waals surface area contributed by atoms with E-state index in [1.54, 1.807) is 0 Å². The number of aryl methyl sites for hydroxylation is 1. The monoisotopic (exact) mass is 257 g/mol. The molecule has 0 aliphatic heterocycles. The molecule has 2 rings (SSSR count). The van der Waals surface area contributed by atoms with Gasteiger partial charge in [-0.2, -0.15) is 0 Å². The lowest BCUT2D eigenvalue weighted by Gasteiger charge is -2.06. The van der Waals surface area contributed by atoms with Crippen LogP contribution in [0.25, 0.3) is 0 Å². The Bertz CT molecular complexity index is 559. The van der Waals surface area contributed by atoms with Gasteiger partial charge >= 0.3 is 0 Å². The highest BCUT2D eigenvalue weighted by Gasteiger charge is 2.03. The molecule has 0 aliphatic carbocycles. The highest BCUT2D eigenvalue weighted by atomic mass is 35.5. The van der Waals surface area contributed by atoms with Crippen LogP contribution in [0.2, 0.25) is 5.02 Å². The van der Waals surface area contributed by atoms with Crippen molar-refractivity contribution >= 4 is 23.0 Å². The van der Waals surface area contributed by atoms with Crippen molar-refractivity contribution in [3.8, 4) is 0 Å². The Morgan fingerprint density at radius 1 is 1.11 bits per heavy atom. The number of aliphatic imine (C=N–C) groups is 1. The largest absolute Gasteiger partial charge is 0.253 e. The SMILES string of the molecule is CC/C(=N\c1ccc(Cl)cc1C)c1ccccc1. The Labute approximate surface area is 113 Å². The molecular formula is C16H16ClN. The third-order valence-corrected chi connectivity index (χ3v) is 3.09. The molecule has 92 valence electrons. The minimum absolute atomic E-state index is 0.754. The fourth-order valence-corrected chi connectivity index (χ4v) is 2.09. The van der Waals surface area contributed by atoms with Gasteiger partial charge in [0, 0.05) is 10.7 Å². The Hall–Kier alpha value is -1.60. The van der Waals surface area contributed by atoms with Gasteiger partial charge in [0.2, 0.25) is 0 Å². The summed E-state index contributed by atoms with van der Waals surface area (Å²) in [5.41, 5.74) is 4.36. The molecule has 0 aromatic heterocycles. The molecule has 0 saturated carbocycles. The number of halogens is 1. The summed E-state index contributed by atoms with van der Waals surface area (Å²) in [6.45, 7) is 4.15. The molecule has 0 spiro atoms. The van der Waals surface area contributed by atoms with E-state index in [2.05, 4.69) is 19.1 Å². The van der Waals surface area contributed by atoms with Gasteiger partial charge in [0.15, 0.2) is 0 Å². The minimum Gasteiger partial charge on any atom is -0.253 e. The molecule has 0 saturated heterocycles. The van der Waals surface area contributed by atoms with Gasteiger partial charge in [-0.15, -0.1) is 0 Å². The van der Waals surface area contributed by atoms with Crippen molar-refractivity contribution in [3.63, 3.8) is 0 Å². The van der Waals surface area contributed by atoms with Gasteiger partial charge in [-0.1, -0.05) is 48.9 Å². The molecule has 0 aliphatic rings. The molecule has 2 heteroatoms. The maximum atomic E-state index is 5.96. The van der Waals surface area contributed by atoms with E-state index in [1.165, 1.54) is 5.56 Å². The summed E-state index contributed by atoms with van der Waals surface area (Å²) in [7, 11) is 0. The van der Waals surface area contributed by atoms with Crippen LogP contribution in [0.4, 0.5) is 5.69 Å². The van der Waals surface area contributed by atoms with Crippen molar-refractivity contribution in [1.82, 2.24) is 0 Å². The molecule has 2 aromatic carbocycles. The summed E-state index contributed by atoms with van der Waals surface area (Å²) in [6, 6.07) is 16.1. The van der Waals surface area contributed by atoms with E-state index in [0.29, 0.717) is 0 Å². The Morgan fingerprint density at radius 2 is 1.83 bits per heavy atom. The van der Waals surface area contributed by atoms with Gasteiger partial charge in [0.25, 0.3) is 0 Å². The van der Waals surface area contributed by atoms with Crippen LogP contribution in [0.3, 0.4) is 0 Å². The van der Waals surface area contributed by atoms with Crippen molar-refractivity contribution in [2.75, 3.05) is 0 Å². The molecular weight excluding hydrogens is 242 g/mol. The predicted octanol–water partition coefficient (Wildman–Crippen LogP) is 5.18. The lowest BCUT2D eigenvalue weighted by Crippen LogP contribution is -1.98. The summed E-state index contributed by atoms with van der Waals surface area (Å²) >= 11 is 5.96. The molecule has 1 nitrogen and oxygen atoms in total. The summed E-state index contributed by atoms with van der Waals surface area (Å²) in [5.74, 6) is 0. The van der Waals surface area contributed by atoms with Crippen LogP contribution < -0.4 is 0 Å². The van der Waals surface area contributed by atoms with Gasteiger partial charge < -0.3 is 0 Å². The minimum atomic E-state index is 0.754. The van der Waals surface area contributed by atoms with Gasteiger partial charge in [-0.3, -0.25) is 4.99 Å². The van der Waals surface area contributed by atoms with Crippen molar-refractivity contribution in [2.24, 2.45) is 4.99 Å². The maximum absolute atomic E-state index is 5.96. The first-order valence-corrected chi connectivity index (χ1v) is 6.47. The van der Waals surface area contributed by atoms with E-state index in [9.17, 15) is 0 Å². The van der Waals surface area contributed by atoms with Gasteiger partial charge in [-0.25, -0.2) is 0 Å². The highest BCUT2D eigenvalue weighted by Crippen LogP contribution is 2.23. The zero-order valence-electron chi connectivity index (χ0n) is 10.7. The molecule has 0 N–H and O–H groups in total. The van der Waals surface area contributed by atoms with Crippen LogP contribution in [0, 0.1) is 6.92 Å². The zero-order chi connectivity index (χ0) is 13.0. The van der Waals surface area contributed by atoms with Crippen LogP contribution in [-0.4, -0.2) is 5.71 Å². The fourth-order valence-electron chi connectivity index (χ4n) is 1.87. The van der Waals surface area contributed by atoms with Crippen LogP contribution in [0.1, 0.15) is 24.5 Å². The third-order valence-electron chi connectivity index (χ3n) is 2.86. The summed E-state index contributed by atoms with van der Waals surface area (Å²) in [4.78, 5) is 4.75. The van der Waals surface area contributed by atoms with Crippen molar-refractivity contribution < 1.29 is 0 Å². The van der Waals surface area contributed by atoms with E-state index in [0.717, 1.165) is 28.4 Å². The average Bonchev–Trinajstić information content (AvgIpc) is 2.39. The number of nitrogens with zero attached hydrogens (tertiary/aromatic N) is 1. The summed E-state index contributed by atoms with van der Waals surface area (Å²) < 4.78 is 0. The Morgan fingerprint density at radius 3 is 2.44 bits per heavy atom. The van der Waals surface area contributed by atoms with Gasteiger partial charge in [0.1, 0.15) is 0 Å². The van der Waals surface area contributed by atoms with E-state index in [4.69, 9.17) is 16.6 Å². The molecule has 0 atom stereocenters. The van der Waals surface area contributed by atoms with Crippen molar-refractivity contribution in [2.45, 2.75) is 20.3 Å². The summed E-state index contributed by atoms with van der Waals surface area (Å²) in [5, 5.41) is 0.754. The Balaban J connectivity index is 2.41. The summed E-state index contributed by atoms with van der Waals surface area (Å²) in [6.07, 6.45) is 0.909.